The van der Waals surface area contributed by atoms with Crippen molar-refractivity contribution in [2.24, 2.45) is 0 Å². The number of aliphatic hydroxyl groups excluding tert-OH is 1. The number of rotatable bonds is 8. The smallest absolute Gasteiger partial charge is 0.253 e. The molecule has 1 fully saturated rings. The van der Waals surface area contributed by atoms with E-state index in [0.717, 1.165) is 36.0 Å². The Labute approximate surface area is 215 Å². The summed E-state index contributed by atoms with van der Waals surface area (Å²) in [6.45, 7) is 2.24. The van der Waals surface area contributed by atoms with E-state index < -0.39 is 6.10 Å². The zero-order valence-corrected chi connectivity index (χ0v) is 20.9. The molecule has 1 aromatic carbocycles. The molecule has 0 spiro atoms. The number of amides is 1. The van der Waals surface area contributed by atoms with Gasteiger partial charge in [-0.1, -0.05) is 29.4 Å². The zero-order chi connectivity index (χ0) is 25.8. The van der Waals surface area contributed by atoms with E-state index in [-0.39, 0.29) is 18.0 Å². The third kappa shape index (κ3) is 5.90. The molecule has 0 aliphatic carbocycles. The number of nitrogens with one attached hydrogen (secondary N) is 1. The van der Waals surface area contributed by atoms with Crippen LogP contribution in [0, 0.1) is 6.92 Å². The maximum absolute atomic E-state index is 12.8. The third-order valence-electron chi connectivity index (χ3n) is 6.71. The predicted octanol–water partition coefficient (Wildman–Crippen LogP) is 3.50. The molecule has 4 heterocycles. The third-order valence-corrected chi connectivity index (χ3v) is 6.71. The van der Waals surface area contributed by atoms with Crippen molar-refractivity contribution in [2.45, 2.75) is 50.9 Å². The lowest BCUT2D eigenvalue weighted by Gasteiger charge is -2.20. The maximum Gasteiger partial charge on any atom is 0.253 e. The van der Waals surface area contributed by atoms with Crippen LogP contribution >= 0.6 is 0 Å². The van der Waals surface area contributed by atoms with E-state index in [4.69, 9.17) is 4.52 Å². The highest BCUT2D eigenvalue weighted by Gasteiger charge is 2.30. The van der Waals surface area contributed by atoms with Gasteiger partial charge in [-0.15, -0.1) is 0 Å². The van der Waals surface area contributed by atoms with Crippen LogP contribution in [0.15, 0.2) is 71.6 Å². The van der Waals surface area contributed by atoms with Crippen LogP contribution in [0.25, 0.3) is 11.5 Å². The minimum atomic E-state index is -0.658. The van der Waals surface area contributed by atoms with Gasteiger partial charge in [-0.2, -0.15) is 4.98 Å². The van der Waals surface area contributed by atoms with Crippen LogP contribution in [-0.4, -0.2) is 55.2 Å². The van der Waals surface area contributed by atoms with Gasteiger partial charge in [-0.3, -0.25) is 14.8 Å². The molecule has 3 atom stereocenters. The number of carbonyl (C=O) groups is 1. The number of hydrogen-bond donors (Lipinski definition) is 2. The Morgan fingerprint density at radius 1 is 1.14 bits per heavy atom. The molecule has 9 heteroatoms. The van der Waals surface area contributed by atoms with Crippen LogP contribution in [0.3, 0.4) is 0 Å². The van der Waals surface area contributed by atoms with Crippen molar-refractivity contribution in [3.8, 4) is 11.5 Å². The van der Waals surface area contributed by atoms with Crippen molar-refractivity contribution in [1.29, 1.82) is 0 Å². The molecule has 1 saturated heterocycles. The number of aryl methyl sites for hydroxylation is 1. The van der Waals surface area contributed by atoms with Gasteiger partial charge in [0.2, 0.25) is 11.7 Å². The number of aromatic nitrogens is 4. The van der Waals surface area contributed by atoms with Crippen LogP contribution < -0.4 is 5.32 Å². The van der Waals surface area contributed by atoms with Gasteiger partial charge in [0.05, 0.1) is 6.10 Å². The zero-order valence-electron chi connectivity index (χ0n) is 20.9. The van der Waals surface area contributed by atoms with Gasteiger partial charge in [0, 0.05) is 62.3 Å². The second-order valence-electron chi connectivity index (χ2n) is 9.53. The number of hydrogen-bond acceptors (Lipinski definition) is 8. The minimum Gasteiger partial charge on any atom is -0.387 e. The van der Waals surface area contributed by atoms with Crippen LogP contribution in [0.5, 0.6) is 0 Å². The Hall–Kier alpha value is -3.95. The molecule has 190 valence electrons. The van der Waals surface area contributed by atoms with Crippen LogP contribution in [0.1, 0.15) is 51.9 Å². The van der Waals surface area contributed by atoms with E-state index in [1.54, 1.807) is 43.5 Å². The average molecular weight is 499 g/mol. The summed E-state index contributed by atoms with van der Waals surface area (Å²) in [5.41, 5.74) is 4.17. The molecule has 0 bridgehead atoms. The molecule has 1 unspecified atom stereocenters. The highest BCUT2D eigenvalue weighted by Crippen LogP contribution is 2.27. The monoisotopic (exact) mass is 498 g/mol. The Bertz CT molecular complexity index is 1320. The first kappa shape index (κ1) is 24.7. The Morgan fingerprint density at radius 3 is 2.65 bits per heavy atom. The Morgan fingerprint density at radius 2 is 1.97 bits per heavy atom. The molecule has 0 radical (unpaired) electrons. The lowest BCUT2D eigenvalue weighted by atomic mass is 10.0. The Balaban J connectivity index is 1.14. The maximum atomic E-state index is 12.8. The summed E-state index contributed by atoms with van der Waals surface area (Å²) >= 11 is 0. The molecule has 5 rings (SSSR count). The summed E-state index contributed by atoms with van der Waals surface area (Å²) in [4.78, 5) is 27.2. The van der Waals surface area contributed by atoms with Gasteiger partial charge in [-0.05, 0) is 54.7 Å². The van der Waals surface area contributed by atoms with Crippen molar-refractivity contribution in [1.82, 2.24) is 30.3 Å². The first-order chi connectivity index (χ1) is 18.0. The SMILES string of the molecule is Cc1nc(-c2ccc(C(O)[C@H]3CC[C@@H](Cc4ccc(C(=O)N(C)Cc5cccnc5)cc4)N3)cn2)no1. The summed E-state index contributed by atoms with van der Waals surface area (Å²) in [5, 5.41) is 18.4. The van der Waals surface area contributed by atoms with E-state index in [9.17, 15) is 9.90 Å². The van der Waals surface area contributed by atoms with Crippen molar-refractivity contribution in [3.05, 3.63) is 95.3 Å². The quantitative estimate of drug-likeness (QED) is 0.379. The van der Waals surface area contributed by atoms with Crippen LogP contribution in [0.2, 0.25) is 0 Å². The molecule has 1 aliphatic heterocycles. The molecule has 3 aromatic heterocycles. The van der Waals surface area contributed by atoms with Crippen molar-refractivity contribution in [3.63, 3.8) is 0 Å². The van der Waals surface area contributed by atoms with Crippen LogP contribution in [-0.2, 0) is 13.0 Å². The summed E-state index contributed by atoms with van der Waals surface area (Å²) < 4.78 is 5.01. The molecular formula is C28H30N6O3. The van der Waals surface area contributed by atoms with Gasteiger partial charge in [0.15, 0.2) is 0 Å². The summed E-state index contributed by atoms with van der Waals surface area (Å²) in [5.74, 6) is 0.897. The fourth-order valence-electron chi connectivity index (χ4n) is 4.73. The van der Waals surface area contributed by atoms with E-state index in [2.05, 4.69) is 25.4 Å². The highest BCUT2D eigenvalue weighted by molar-refractivity contribution is 5.94. The number of pyridine rings is 2. The second-order valence-corrected chi connectivity index (χ2v) is 9.53. The van der Waals surface area contributed by atoms with Crippen LogP contribution in [0.4, 0.5) is 0 Å². The predicted molar refractivity (Wildman–Crippen MR) is 137 cm³/mol. The van der Waals surface area contributed by atoms with Gasteiger partial charge in [0.1, 0.15) is 5.69 Å². The number of benzene rings is 1. The van der Waals surface area contributed by atoms with Crippen molar-refractivity contribution < 1.29 is 14.4 Å². The molecule has 0 saturated carbocycles. The van der Waals surface area contributed by atoms with E-state index in [0.29, 0.717) is 29.5 Å². The van der Waals surface area contributed by atoms with E-state index in [1.165, 1.54) is 0 Å². The standard InChI is InChI=1S/C28H30N6O3/c1-18-31-27(33-37-18)25-11-9-22(16-30-25)26(35)24-12-10-23(32-24)14-19-5-7-21(8-6-19)28(36)34(2)17-20-4-3-13-29-15-20/h3-9,11,13,15-16,23-24,26,32,35H,10,12,14,17H2,1-2H3/t23-,24+,26?/m0/s1. The molecule has 9 nitrogen and oxygen atoms in total. The summed E-state index contributed by atoms with van der Waals surface area (Å²) in [6, 6.07) is 15.5. The largest absolute Gasteiger partial charge is 0.387 e. The molecular weight excluding hydrogens is 468 g/mol. The minimum absolute atomic E-state index is 0.0216. The first-order valence-electron chi connectivity index (χ1n) is 12.4. The van der Waals surface area contributed by atoms with Crippen molar-refractivity contribution in [2.75, 3.05) is 7.05 Å². The second kappa shape index (κ2) is 11.0. The fraction of sp³-hybridized carbons (Fsp3) is 0.321. The summed E-state index contributed by atoms with van der Waals surface area (Å²) in [7, 11) is 1.80. The van der Waals surface area contributed by atoms with Crippen molar-refractivity contribution >= 4 is 5.91 Å². The normalized spacial score (nSPS) is 18.0. The molecule has 4 aromatic rings. The highest BCUT2D eigenvalue weighted by atomic mass is 16.5. The first-order valence-corrected chi connectivity index (χ1v) is 12.4. The molecule has 1 aliphatic rings. The van der Waals surface area contributed by atoms with Gasteiger partial charge in [0.25, 0.3) is 5.91 Å². The number of nitrogens with zero attached hydrogens (tertiary/aromatic N) is 5. The van der Waals surface area contributed by atoms with E-state index >= 15 is 0 Å². The van der Waals surface area contributed by atoms with Gasteiger partial charge >= 0.3 is 0 Å². The van der Waals surface area contributed by atoms with Gasteiger partial charge in [-0.25, -0.2) is 0 Å². The number of carbonyl (C=O) groups excluding carboxylic acids is 1. The average Bonchev–Trinajstić information content (AvgIpc) is 3.58. The molecule has 1 amide bonds. The molecule has 2 N–H and O–H groups in total. The lowest BCUT2D eigenvalue weighted by molar-refractivity contribution is 0.0785. The fourth-order valence-corrected chi connectivity index (χ4v) is 4.73. The number of aliphatic hydroxyl groups is 1. The lowest BCUT2D eigenvalue weighted by Crippen LogP contribution is -2.35. The van der Waals surface area contributed by atoms with E-state index in [1.807, 2.05) is 42.5 Å². The topological polar surface area (TPSA) is 117 Å². The molecule has 37 heavy (non-hydrogen) atoms. The van der Waals surface area contributed by atoms with Gasteiger partial charge < -0.3 is 19.8 Å². The Kier molecular flexibility index (Phi) is 7.34. The summed E-state index contributed by atoms with van der Waals surface area (Å²) in [6.07, 6.45) is 7.17.